The van der Waals surface area contributed by atoms with Gasteiger partial charge in [-0.1, -0.05) is 17.3 Å². The Morgan fingerprint density at radius 2 is 2.12 bits per heavy atom. The van der Waals surface area contributed by atoms with Crippen molar-refractivity contribution >= 4 is 5.71 Å². The van der Waals surface area contributed by atoms with Crippen LogP contribution in [0.15, 0.2) is 29.4 Å². The molecule has 1 aromatic rings. The number of benzene rings is 1. The highest BCUT2D eigenvalue weighted by Gasteiger charge is 2.44. The Kier molecular flexibility index (Phi) is 2.32. The smallest absolute Gasteiger partial charge is 0.164 e. The predicted octanol–water partition coefficient (Wildman–Crippen LogP) is 0.768. The second-order valence-corrected chi connectivity index (χ2v) is 4.06. The first kappa shape index (κ1) is 10.3. The summed E-state index contributed by atoms with van der Waals surface area (Å²) in [7, 11) is 0. The van der Waals surface area contributed by atoms with E-state index in [1.54, 1.807) is 24.3 Å². The summed E-state index contributed by atoms with van der Waals surface area (Å²) in [5, 5.41) is 22.1. The minimum Gasteiger partial charge on any atom is -0.389 e. The van der Waals surface area contributed by atoms with Gasteiger partial charge >= 0.3 is 0 Å². The number of ether oxygens (including phenoxy) is 1. The van der Waals surface area contributed by atoms with Crippen LogP contribution in [0.25, 0.3) is 0 Å². The zero-order chi connectivity index (χ0) is 11.8. The van der Waals surface area contributed by atoms with E-state index in [9.17, 15) is 5.11 Å². The highest BCUT2D eigenvalue weighted by molar-refractivity contribution is 6.04. The molecule has 17 heavy (non-hydrogen) atoms. The number of rotatable bonds is 1. The molecule has 2 aliphatic heterocycles. The lowest BCUT2D eigenvalue weighted by Crippen LogP contribution is -2.26. The largest absolute Gasteiger partial charge is 0.389 e. The molecule has 0 amide bonds. The minimum atomic E-state index is -0.783. The molecule has 5 heteroatoms. The van der Waals surface area contributed by atoms with Crippen LogP contribution >= 0.6 is 0 Å². The molecule has 1 aromatic carbocycles. The molecule has 2 aliphatic rings. The van der Waals surface area contributed by atoms with E-state index in [1.165, 1.54) is 0 Å². The summed E-state index contributed by atoms with van der Waals surface area (Å²) >= 11 is 0. The van der Waals surface area contributed by atoms with Crippen molar-refractivity contribution in [2.45, 2.75) is 24.9 Å². The second-order valence-electron chi connectivity index (χ2n) is 4.06. The maximum Gasteiger partial charge on any atom is 0.164 e. The predicted molar refractivity (Wildman–Crippen MR) is 58.1 cm³/mol. The van der Waals surface area contributed by atoms with Crippen molar-refractivity contribution in [2.24, 2.45) is 5.16 Å². The standard InChI is InChI=1S/C12H10N2O3/c13-6-7-1-3-8(4-2-7)11-12-9(17-14-11)5-10(15)16-12/h1-4,9-10,12,15H,5H2/t9-,10?,12+/m0/s1. The summed E-state index contributed by atoms with van der Waals surface area (Å²) in [5.41, 5.74) is 2.12. The Labute approximate surface area is 97.9 Å². The van der Waals surface area contributed by atoms with Gasteiger partial charge in [0.1, 0.15) is 11.8 Å². The topological polar surface area (TPSA) is 74.8 Å². The van der Waals surface area contributed by atoms with E-state index in [0.29, 0.717) is 17.7 Å². The fraction of sp³-hybridized carbons (Fsp3) is 0.333. The maximum atomic E-state index is 9.38. The first-order chi connectivity index (χ1) is 8.28. The molecule has 1 unspecified atom stereocenters. The van der Waals surface area contributed by atoms with E-state index in [2.05, 4.69) is 11.2 Å². The van der Waals surface area contributed by atoms with E-state index in [4.69, 9.17) is 14.8 Å². The van der Waals surface area contributed by atoms with E-state index in [-0.39, 0.29) is 12.2 Å². The van der Waals surface area contributed by atoms with Crippen molar-refractivity contribution in [3.8, 4) is 6.07 Å². The average molecular weight is 230 g/mol. The number of oxime groups is 1. The van der Waals surface area contributed by atoms with E-state index < -0.39 is 6.29 Å². The Hall–Kier alpha value is -1.90. The number of hydrogen-bond donors (Lipinski definition) is 1. The van der Waals surface area contributed by atoms with Crippen molar-refractivity contribution in [1.29, 1.82) is 5.26 Å². The maximum absolute atomic E-state index is 9.38. The van der Waals surface area contributed by atoms with Gasteiger partial charge in [-0.05, 0) is 12.1 Å². The normalized spacial score (nSPS) is 30.4. The van der Waals surface area contributed by atoms with Crippen LogP contribution in [0.3, 0.4) is 0 Å². The van der Waals surface area contributed by atoms with Crippen molar-refractivity contribution in [2.75, 3.05) is 0 Å². The van der Waals surface area contributed by atoms with Gasteiger partial charge in [0.25, 0.3) is 0 Å². The third-order valence-corrected chi connectivity index (χ3v) is 2.94. The number of nitriles is 1. The molecule has 0 bridgehead atoms. The van der Waals surface area contributed by atoms with Crippen LogP contribution in [0.4, 0.5) is 0 Å². The lowest BCUT2D eigenvalue weighted by molar-refractivity contribution is -0.0734. The fourth-order valence-electron chi connectivity index (χ4n) is 2.08. The highest BCUT2D eigenvalue weighted by Crippen LogP contribution is 2.30. The van der Waals surface area contributed by atoms with Gasteiger partial charge in [-0.15, -0.1) is 0 Å². The minimum absolute atomic E-state index is 0.198. The van der Waals surface area contributed by atoms with Gasteiger partial charge in [0.2, 0.25) is 0 Å². The third kappa shape index (κ3) is 1.68. The number of nitrogens with zero attached hydrogens (tertiary/aromatic N) is 2. The van der Waals surface area contributed by atoms with Gasteiger partial charge in [0.15, 0.2) is 12.4 Å². The van der Waals surface area contributed by atoms with Crippen LogP contribution in [0.2, 0.25) is 0 Å². The molecule has 3 atom stereocenters. The fourth-order valence-corrected chi connectivity index (χ4v) is 2.08. The zero-order valence-electron chi connectivity index (χ0n) is 8.91. The summed E-state index contributed by atoms with van der Waals surface area (Å²) in [6.07, 6.45) is -0.851. The van der Waals surface area contributed by atoms with Crippen LogP contribution in [-0.2, 0) is 9.57 Å². The van der Waals surface area contributed by atoms with Crippen LogP contribution in [0.1, 0.15) is 17.5 Å². The van der Waals surface area contributed by atoms with Crippen molar-refractivity contribution in [1.82, 2.24) is 0 Å². The molecule has 1 N–H and O–H groups in total. The summed E-state index contributed by atoms with van der Waals surface area (Å²) in [5.74, 6) is 0. The molecule has 0 spiro atoms. The van der Waals surface area contributed by atoms with Crippen molar-refractivity contribution < 1.29 is 14.7 Å². The van der Waals surface area contributed by atoms with E-state index in [0.717, 1.165) is 5.56 Å². The summed E-state index contributed by atoms with van der Waals surface area (Å²) in [6, 6.07) is 9.10. The molecule has 1 saturated heterocycles. The lowest BCUT2D eigenvalue weighted by Gasteiger charge is -2.09. The number of aliphatic hydroxyl groups excluding tert-OH is 1. The Bertz CT molecular complexity index is 503. The Balaban J connectivity index is 1.87. The summed E-state index contributed by atoms with van der Waals surface area (Å²) in [6.45, 7) is 0. The molecule has 2 heterocycles. The SMILES string of the molecule is N#Cc1ccc(C2=NO[C@H]3CC(O)O[C@@H]23)cc1. The molecular formula is C12H10N2O3. The van der Waals surface area contributed by atoms with Crippen molar-refractivity contribution in [3.63, 3.8) is 0 Å². The first-order valence-corrected chi connectivity index (χ1v) is 5.35. The number of fused-ring (bicyclic) bond motifs is 1. The summed E-state index contributed by atoms with van der Waals surface area (Å²) in [4.78, 5) is 5.21. The van der Waals surface area contributed by atoms with Gasteiger partial charge in [-0.2, -0.15) is 5.26 Å². The molecule has 3 rings (SSSR count). The van der Waals surface area contributed by atoms with Crippen LogP contribution in [0, 0.1) is 11.3 Å². The van der Waals surface area contributed by atoms with Gasteiger partial charge in [0, 0.05) is 12.0 Å². The van der Waals surface area contributed by atoms with E-state index >= 15 is 0 Å². The summed E-state index contributed by atoms with van der Waals surface area (Å²) < 4.78 is 5.34. The molecule has 86 valence electrons. The highest BCUT2D eigenvalue weighted by atomic mass is 16.7. The molecule has 0 radical (unpaired) electrons. The zero-order valence-corrected chi connectivity index (χ0v) is 8.91. The van der Waals surface area contributed by atoms with E-state index in [1.807, 2.05) is 0 Å². The van der Waals surface area contributed by atoms with Crippen molar-refractivity contribution in [3.05, 3.63) is 35.4 Å². The lowest BCUT2D eigenvalue weighted by atomic mass is 10.0. The van der Waals surface area contributed by atoms with Crippen LogP contribution in [-0.4, -0.2) is 29.3 Å². The number of hydrogen-bond acceptors (Lipinski definition) is 5. The van der Waals surface area contributed by atoms with Gasteiger partial charge in [0.05, 0.1) is 11.6 Å². The third-order valence-electron chi connectivity index (χ3n) is 2.94. The molecular weight excluding hydrogens is 220 g/mol. The molecule has 5 nitrogen and oxygen atoms in total. The van der Waals surface area contributed by atoms with Gasteiger partial charge in [-0.3, -0.25) is 0 Å². The van der Waals surface area contributed by atoms with Gasteiger partial charge in [-0.25, -0.2) is 0 Å². The van der Waals surface area contributed by atoms with Crippen LogP contribution < -0.4 is 0 Å². The molecule has 0 aromatic heterocycles. The number of aliphatic hydroxyl groups is 1. The molecule has 1 fully saturated rings. The Morgan fingerprint density at radius 1 is 1.35 bits per heavy atom. The first-order valence-electron chi connectivity index (χ1n) is 5.35. The van der Waals surface area contributed by atoms with Crippen LogP contribution in [0.5, 0.6) is 0 Å². The Morgan fingerprint density at radius 3 is 2.82 bits per heavy atom. The molecule has 0 saturated carbocycles. The molecule has 0 aliphatic carbocycles. The monoisotopic (exact) mass is 230 g/mol. The van der Waals surface area contributed by atoms with Gasteiger partial charge < -0.3 is 14.7 Å². The quantitative estimate of drug-likeness (QED) is 0.773. The second kappa shape index (κ2) is 3.84. The average Bonchev–Trinajstić information content (AvgIpc) is 2.88.